The van der Waals surface area contributed by atoms with Crippen LogP contribution in [0.5, 0.6) is 11.5 Å². The van der Waals surface area contributed by atoms with E-state index in [1.165, 1.54) is 4.90 Å². The molecule has 3 aromatic rings. The molecule has 40 heavy (non-hydrogen) atoms. The Morgan fingerprint density at radius 2 is 1.70 bits per heavy atom. The lowest BCUT2D eigenvalue weighted by atomic mass is 10.1. The Labute approximate surface area is 233 Å². The van der Waals surface area contributed by atoms with Crippen LogP contribution in [-0.2, 0) is 22.6 Å². The van der Waals surface area contributed by atoms with E-state index in [0.29, 0.717) is 41.6 Å². The molecule has 0 saturated heterocycles. The first kappa shape index (κ1) is 28.5. The summed E-state index contributed by atoms with van der Waals surface area (Å²) in [4.78, 5) is 42.0. The van der Waals surface area contributed by atoms with E-state index in [1.807, 2.05) is 51.1 Å². The maximum Gasteiger partial charge on any atom is 0.338 e. The first-order chi connectivity index (χ1) is 19.2. The van der Waals surface area contributed by atoms with Gasteiger partial charge in [0.2, 0.25) is 12.7 Å². The Morgan fingerprint density at radius 3 is 2.38 bits per heavy atom. The third-order valence-corrected chi connectivity index (χ3v) is 6.15. The molecule has 212 valence electrons. The molecule has 0 fully saturated rings. The van der Waals surface area contributed by atoms with Crippen molar-refractivity contribution >= 4 is 23.6 Å². The molecule has 1 aliphatic heterocycles. The van der Waals surface area contributed by atoms with Gasteiger partial charge in [-0.2, -0.15) is 0 Å². The number of ether oxygens (including phenoxy) is 3. The van der Waals surface area contributed by atoms with Crippen molar-refractivity contribution in [1.82, 2.24) is 9.80 Å². The number of carbonyl (C=O) groups excluding carboxylic acids is 3. The first-order valence-electron chi connectivity index (χ1n) is 13.3. The minimum Gasteiger partial charge on any atom is -0.464 e. The number of rotatable bonds is 11. The predicted molar refractivity (Wildman–Crippen MR) is 148 cm³/mol. The van der Waals surface area contributed by atoms with Crippen molar-refractivity contribution in [3.05, 3.63) is 77.2 Å². The fraction of sp³-hybridized carbons (Fsp3) is 0.367. The second kappa shape index (κ2) is 13.1. The largest absolute Gasteiger partial charge is 0.464 e. The summed E-state index contributed by atoms with van der Waals surface area (Å²) in [6.07, 6.45) is 0. The van der Waals surface area contributed by atoms with Gasteiger partial charge in [0.05, 0.1) is 18.7 Å². The van der Waals surface area contributed by atoms with Crippen molar-refractivity contribution in [1.29, 1.82) is 0 Å². The van der Waals surface area contributed by atoms with Gasteiger partial charge >= 0.3 is 12.0 Å². The summed E-state index contributed by atoms with van der Waals surface area (Å²) in [5.41, 5.74) is 1.76. The monoisotopic (exact) mass is 549 g/mol. The number of benzene rings is 2. The summed E-state index contributed by atoms with van der Waals surface area (Å²) in [6.45, 7) is 8.77. The molecule has 2 heterocycles. The molecule has 0 unspecified atom stereocenters. The van der Waals surface area contributed by atoms with Gasteiger partial charge in [-0.1, -0.05) is 19.9 Å². The number of carbonyl (C=O) groups is 3. The Morgan fingerprint density at radius 1 is 0.950 bits per heavy atom. The number of aryl methyl sites for hydroxylation is 1. The molecule has 0 atom stereocenters. The SMILES string of the molecule is CCOC(=O)c1ccc(NC(=O)N(CC(=O)N(Cc2ccc3c(c2)OCO3)Cc2ccc(C)o2)CC(C)C)cc1. The van der Waals surface area contributed by atoms with Crippen molar-refractivity contribution in [2.45, 2.75) is 40.8 Å². The van der Waals surface area contributed by atoms with Gasteiger partial charge in [-0.15, -0.1) is 0 Å². The van der Waals surface area contributed by atoms with Crippen LogP contribution < -0.4 is 14.8 Å². The van der Waals surface area contributed by atoms with E-state index in [9.17, 15) is 14.4 Å². The molecule has 1 aliphatic rings. The number of hydrogen-bond donors (Lipinski definition) is 1. The van der Waals surface area contributed by atoms with Crippen molar-refractivity contribution in [3.63, 3.8) is 0 Å². The molecule has 10 nitrogen and oxygen atoms in total. The van der Waals surface area contributed by atoms with Gasteiger partial charge in [0, 0.05) is 18.8 Å². The minimum atomic E-state index is -0.429. The zero-order valence-electron chi connectivity index (χ0n) is 23.3. The number of anilines is 1. The highest BCUT2D eigenvalue weighted by molar-refractivity contribution is 5.94. The van der Waals surface area contributed by atoms with Gasteiger partial charge in [0.15, 0.2) is 11.5 Å². The summed E-state index contributed by atoms with van der Waals surface area (Å²) < 4.78 is 21.7. The topological polar surface area (TPSA) is 111 Å². The molecule has 1 N–H and O–H groups in total. The summed E-state index contributed by atoms with van der Waals surface area (Å²) in [5.74, 6) is 2.15. The van der Waals surface area contributed by atoms with Gasteiger partial charge in [-0.05, 0) is 73.9 Å². The fourth-order valence-electron chi connectivity index (χ4n) is 4.28. The van der Waals surface area contributed by atoms with Crippen LogP contribution in [0.2, 0.25) is 0 Å². The molecule has 3 amide bonds. The second-order valence-corrected chi connectivity index (χ2v) is 9.95. The summed E-state index contributed by atoms with van der Waals surface area (Å²) in [7, 11) is 0. The van der Waals surface area contributed by atoms with E-state index < -0.39 is 12.0 Å². The highest BCUT2D eigenvalue weighted by atomic mass is 16.7. The summed E-state index contributed by atoms with van der Waals surface area (Å²) in [6, 6.07) is 15.3. The van der Waals surface area contributed by atoms with Crippen LogP contribution in [0.3, 0.4) is 0 Å². The van der Waals surface area contributed by atoms with E-state index in [2.05, 4.69) is 5.32 Å². The van der Waals surface area contributed by atoms with E-state index in [0.717, 1.165) is 11.3 Å². The molecule has 0 saturated carbocycles. The van der Waals surface area contributed by atoms with Crippen molar-refractivity contribution in [3.8, 4) is 11.5 Å². The maximum absolute atomic E-state index is 13.7. The second-order valence-electron chi connectivity index (χ2n) is 9.95. The van der Waals surface area contributed by atoms with Gasteiger partial charge in [-0.25, -0.2) is 9.59 Å². The van der Waals surface area contributed by atoms with Crippen molar-refractivity contribution < 1.29 is 33.0 Å². The number of hydrogen-bond acceptors (Lipinski definition) is 7. The molecule has 0 bridgehead atoms. The Hall–Kier alpha value is -4.47. The number of nitrogens with one attached hydrogen (secondary N) is 1. The van der Waals surface area contributed by atoms with Crippen LogP contribution in [0.25, 0.3) is 0 Å². The molecule has 0 aliphatic carbocycles. The highest BCUT2D eigenvalue weighted by Gasteiger charge is 2.24. The average molecular weight is 550 g/mol. The number of urea groups is 1. The average Bonchev–Trinajstić information content (AvgIpc) is 3.56. The fourth-order valence-corrected chi connectivity index (χ4v) is 4.28. The Kier molecular flexibility index (Phi) is 9.31. The number of furan rings is 1. The minimum absolute atomic E-state index is 0.125. The van der Waals surface area contributed by atoms with Gasteiger partial charge in [-0.3, -0.25) is 4.79 Å². The molecular formula is C30H35N3O7. The van der Waals surface area contributed by atoms with E-state index in [4.69, 9.17) is 18.6 Å². The first-order valence-corrected chi connectivity index (χ1v) is 13.3. The molecule has 2 aromatic carbocycles. The van der Waals surface area contributed by atoms with Gasteiger partial charge in [0.25, 0.3) is 0 Å². The Bertz CT molecular complexity index is 1330. The zero-order valence-corrected chi connectivity index (χ0v) is 23.3. The lowest BCUT2D eigenvalue weighted by molar-refractivity contribution is -0.133. The molecular weight excluding hydrogens is 514 g/mol. The molecule has 4 rings (SSSR count). The quantitative estimate of drug-likeness (QED) is 0.327. The lowest BCUT2D eigenvalue weighted by Gasteiger charge is -2.28. The van der Waals surface area contributed by atoms with Gasteiger partial charge < -0.3 is 33.7 Å². The van der Waals surface area contributed by atoms with Crippen LogP contribution >= 0.6 is 0 Å². The molecule has 10 heteroatoms. The third kappa shape index (κ3) is 7.56. The van der Waals surface area contributed by atoms with Crippen LogP contribution in [0.4, 0.5) is 10.5 Å². The third-order valence-electron chi connectivity index (χ3n) is 6.15. The number of esters is 1. The van der Waals surface area contributed by atoms with Crippen molar-refractivity contribution in [2.24, 2.45) is 5.92 Å². The van der Waals surface area contributed by atoms with Crippen LogP contribution in [-0.4, -0.2) is 54.2 Å². The normalized spacial score (nSPS) is 11.8. The van der Waals surface area contributed by atoms with Gasteiger partial charge in [0.1, 0.15) is 18.1 Å². The molecule has 0 spiro atoms. The molecule has 0 radical (unpaired) electrons. The zero-order chi connectivity index (χ0) is 28.6. The van der Waals surface area contributed by atoms with E-state index in [1.54, 1.807) is 36.1 Å². The molecule has 1 aromatic heterocycles. The summed E-state index contributed by atoms with van der Waals surface area (Å²) >= 11 is 0. The Balaban J connectivity index is 1.48. The number of amides is 3. The summed E-state index contributed by atoms with van der Waals surface area (Å²) in [5, 5.41) is 2.84. The van der Waals surface area contributed by atoms with Crippen LogP contribution in [0.15, 0.2) is 59.0 Å². The van der Waals surface area contributed by atoms with E-state index in [-0.39, 0.29) is 38.3 Å². The van der Waals surface area contributed by atoms with Crippen molar-refractivity contribution in [2.75, 3.05) is 31.8 Å². The maximum atomic E-state index is 13.7. The predicted octanol–water partition coefficient (Wildman–Crippen LogP) is 5.21. The number of nitrogens with zero attached hydrogens (tertiary/aromatic N) is 2. The standard InChI is InChI=1S/C30H35N3O7/c1-5-37-29(35)23-8-10-24(11-9-23)31-30(36)33(15-20(2)3)18-28(34)32(17-25-12-6-21(4)40-25)16-22-7-13-26-27(14-22)39-19-38-26/h6-14,20H,5,15-19H2,1-4H3,(H,31,36). The van der Waals surface area contributed by atoms with Crippen LogP contribution in [0.1, 0.15) is 48.2 Å². The van der Waals surface area contributed by atoms with Crippen LogP contribution in [0, 0.1) is 12.8 Å². The number of fused-ring (bicyclic) bond motifs is 1. The lowest BCUT2D eigenvalue weighted by Crippen LogP contribution is -2.45. The van der Waals surface area contributed by atoms with E-state index >= 15 is 0 Å². The highest BCUT2D eigenvalue weighted by Crippen LogP contribution is 2.33. The smallest absolute Gasteiger partial charge is 0.338 e.